The SMILES string of the molecule is Cc1ccc(CNCc2cc(N)c3ccccc3n2)o1. The van der Waals surface area contributed by atoms with E-state index < -0.39 is 0 Å². The number of benzene rings is 1. The van der Waals surface area contributed by atoms with Crippen LogP contribution in [0.4, 0.5) is 5.69 Å². The lowest BCUT2D eigenvalue weighted by Crippen LogP contribution is -2.13. The Bertz CT molecular complexity index is 733. The van der Waals surface area contributed by atoms with Crippen molar-refractivity contribution < 1.29 is 4.42 Å². The van der Waals surface area contributed by atoms with Gasteiger partial charge in [0, 0.05) is 17.6 Å². The molecular weight excluding hydrogens is 250 g/mol. The van der Waals surface area contributed by atoms with Crippen molar-refractivity contribution >= 4 is 16.6 Å². The third-order valence-corrected chi connectivity index (χ3v) is 3.20. The third-order valence-electron chi connectivity index (χ3n) is 3.20. The minimum Gasteiger partial charge on any atom is -0.465 e. The molecule has 0 atom stereocenters. The van der Waals surface area contributed by atoms with Gasteiger partial charge in [-0.2, -0.15) is 0 Å². The highest BCUT2D eigenvalue weighted by molar-refractivity contribution is 5.90. The van der Waals surface area contributed by atoms with Crippen LogP contribution in [0.2, 0.25) is 0 Å². The molecule has 0 aliphatic carbocycles. The summed E-state index contributed by atoms with van der Waals surface area (Å²) >= 11 is 0. The molecule has 2 aromatic heterocycles. The Labute approximate surface area is 117 Å². The standard InChI is InChI=1S/C16H17N3O/c1-11-6-7-13(20-11)10-18-9-12-8-15(17)14-4-2-3-5-16(14)19-12/h2-8,18H,9-10H2,1H3,(H2,17,19). The highest BCUT2D eigenvalue weighted by atomic mass is 16.3. The zero-order valence-electron chi connectivity index (χ0n) is 11.4. The van der Waals surface area contributed by atoms with Gasteiger partial charge in [0.15, 0.2) is 0 Å². The molecule has 1 aromatic carbocycles. The number of hydrogen-bond donors (Lipinski definition) is 2. The van der Waals surface area contributed by atoms with Gasteiger partial charge in [0.1, 0.15) is 11.5 Å². The molecule has 4 nitrogen and oxygen atoms in total. The Morgan fingerprint density at radius 1 is 1.15 bits per heavy atom. The molecule has 102 valence electrons. The molecule has 0 aliphatic heterocycles. The summed E-state index contributed by atoms with van der Waals surface area (Å²) in [4.78, 5) is 4.60. The van der Waals surface area contributed by atoms with Gasteiger partial charge < -0.3 is 15.5 Å². The summed E-state index contributed by atoms with van der Waals surface area (Å²) in [5, 5.41) is 4.31. The molecule has 4 heteroatoms. The highest BCUT2D eigenvalue weighted by Gasteiger charge is 2.03. The van der Waals surface area contributed by atoms with E-state index in [1.807, 2.05) is 49.4 Å². The van der Waals surface area contributed by atoms with Crippen LogP contribution in [0.3, 0.4) is 0 Å². The topological polar surface area (TPSA) is 64.1 Å². The van der Waals surface area contributed by atoms with Crippen LogP contribution in [0.1, 0.15) is 17.2 Å². The third kappa shape index (κ3) is 2.65. The maximum absolute atomic E-state index is 6.06. The first kappa shape index (κ1) is 12.7. The molecule has 0 spiro atoms. The maximum Gasteiger partial charge on any atom is 0.117 e. The number of anilines is 1. The molecule has 0 unspecified atom stereocenters. The first-order valence-corrected chi connectivity index (χ1v) is 6.62. The lowest BCUT2D eigenvalue weighted by Gasteiger charge is -2.07. The maximum atomic E-state index is 6.06. The van der Waals surface area contributed by atoms with Gasteiger partial charge in [0.05, 0.1) is 17.8 Å². The number of nitrogens with zero attached hydrogens (tertiary/aromatic N) is 1. The number of aryl methyl sites for hydroxylation is 1. The van der Waals surface area contributed by atoms with E-state index in [0.717, 1.165) is 33.8 Å². The van der Waals surface area contributed by atoms with E-state index in [4.69, 9.17) is 10.2 Å². The predicted molar refractivity (Wildman–Crippen MR) is 80.1 cm³/mol. The van der Waals surface area contributed by atoms with E-state index in [9.17, 15) is 0 Å². The number of nitrogens with one attached hydrogen (secondary N) is 1. The minimum atomic E-state index is 0.661. The van der Waals surface area contributed by atoms with Crippen LogP contribution >= 0.6 is 0 Å². The molecule has 0 fully saturated rings. The number of furan rings is 1. The van der Waals surface area contributed by atoms with Gasteiger partial charge >= 0.3 is 0 Å². The van der Waals surface area contributed by atoms with Gasteiger partial charge in [-0.1, -0.05) is 18.2 Å². The van der Waals surface area contributed by atoms with E-state index in [-0.39, 0.29) is 0 Å². The van der Waals surface area contributed by atoms with Gasteiger partial charge in [-0.3, -0.25) is 4.98 Å². The summed E-state index contributed by atoms with van der Waals surface area (Å²) in [5.41, 5.74) is 8.69. The molecule has 3 rings (SSSR count). The zero-order chi connectivity index (χ0) is 13.9. The average Bonchev–Trinajstić information content (AvgIpc) is 2.85. The molecular formula is C16H17N3O. The Morgan fingerprint density at radius 3 is 2.80 bits per heavy atom. The van der Waals surface area contributed by atoms with E-state index in [1.165, 1.54) is 0 Å². The smallest absolute Gasteiger partial charge is 0.117 e. The fraction of sp³-hybridized carbons (Fsp3) is 0.188. The quantitative estimate of drug-likeness (QED) is 0.762. The number of rotatable bonds is 4. The fourth-order valence-corrected chi connectivity index (χ4v) is 2.24. The van der Waals surface area contributed by atoms with Gasteiger partial charge in [-0.15, -0.1) is 0 Å². The monoisotopic (exact) mass is 267 g/mol. The highest BCUT2D eigenvalue weighted by Crippen LogP contribution is 2.20. The van der Waals surface area contributed by atoms with Crippen molar-refractivity contribution in [2.45, 2.75) is 20.0 Å². The Balaban J connectivity index is 1.71. The van der Waals surface area contributed by atoms with Crippen molar-refractivity contribution in [3.63, 3.8) is 0 Å². The van der Waals surface area contributed by atoms with Crippen LogP contribution in [-0.2, 0) is 13.1 Å². The average molecular weight is 267 g/mol. The molecule has 0 aliphatic rings. The number of nitrogens with two attached hydrogens (primary N) is 1. The van der Waals surface area contributed by atoms with Crippen LogP contribution in [0.5, 0.6) is 0 Å². The second-order valence-electron chi connectivity index (χ2n) is 4.84. The summed E-state index contributed by atoms with van der Waals surface area (Å²) in [6, 6.07) is 13.8. The lowest BCUT2D eigenvalue weighted by molar-refractivity contribution is 0.461. The second-order valence-corrected chi connectivity index (χ2v) is 4.84. The van der Waals surface area contributed by atoms with E-state index in [1.54, 1.807) is 0 Å². The molecule has 0 amide bonds. The van der Waals surface area contributed by atoms with Gasteiger partial charge in [0.2, 0.25) is 0 Å². The summed E-state index contributed by atoms with van der Waals surface area (Å²) in [5.74, 6) is 1.85. The molecule has 20 heavy (non-hydrogen) atoms. The number of aromatic nitrogens is 1. The number of fused-ring (bicyclic) bond motifs is 1. The van der Waals surface area contributed by atoms with E-state index >= 15 is 0 Å². The second kappa shape index (κ2) is 5.35. The van der Waals surface area contributed by atoms with E-state index in [2.05, 4.69) is 10.3 Å². The lowest BCUT2D eigenvalue weighted by atomic mass is 10.1. The number of nitrogen functional groups attached to an aromatic ring is 1. The van der Waals surface area contributed by atoms with Crippen molar-refractivity contribution in [1.29, 1.82) is 0 Å². The van der Waals surface area contributed by atoms with Gasteiger partial charge in [-0.25, -0.2) is 0 Å². The molecule has 3 N–H and O–H groups in total. The van der Waals surface area contributed by atoms with Crippen molar-refractivity contribution in [2.75, 3.05) is 5.73 Å². The van der Waals surface area contributed by atoms with Gasteiger partial charge in [0.25, 0.3) is 0 Å². The van der Waals surface area contributed by atoms with E-state index in [0.29, 0.717) is 13.1 Å². The minimum absolute atomic E-state index is 0.661. The predicted octanol–water partition coefficient (Wildman–Crippen LogP) is 3.01. The molecule has 2 heterocycles. The molecule has 0 radical (unpaired) electrons. The van der Waals surface area contributed by atoms with Crippen LogP contribution in [0.25, 0.3) is 10.9 Å². The molecule has 0 bridgehead atoms. The number of pyridine rings is 1. The number of hydrogen-bond acceptors (Lipinski definition) is 4. The zero-order valence-corrected chi connectivity index (χ0v) is 11.4. The summed E-state index contributed by atoms with van der Waals surface area (Å²) < 4.78 is 5.51. The van der Waals surface area contributed by atoms with Crippen LogP contribution < -0.4 is 11.1 Å². The molecule has 0 saturated heterocycles. The largest absolute Gasteiger partial charge is 0.465 e. The van der Waals surface area contributed by atoms with Crippen LogP contribution in [0, 0.1) is 6.92 Å². The van der Waals surface area contributed by atoms with Crippen molar-refractivity contribution in [1.82, 2.24) is 10.3 Å². The van der Waals surface area contributed by atoms with Crippen molar-refractivity contribution in [2.24, 2.45) is 0 Å². The van der Waals surface area contributed by atoms with Crippen LogP contribution in [0.15, 0.2) is 46.9 Å². The number of para-hydroxylation sites is 1. The summed E-state index contributed by atoms with van der Waals surface area (Å²) in [6.07, 6.45) is 0. The first-order chi connectivity index (χ1) is 9.72. The molecule has 3 aromatic rings. The molecule has 0 saturated carbocycles. The summed E-state index contributed by atoms with van der Waals surface area (Å²) in [6.45, 7) is 3.28. The Morgan fingerprint density at radius 2 is 2.00 bits per heavy atom. The van der Waals surface area contributed by atoms with Crippen LogP contribution in [-0.4, -0.2) is 4.98 Å². The Kier molecular flexibility index (Phi) is 3.39. The van der Waals surface area contributed by atoms with Crippen molar-refractivity contribution in [3.8, 4) is 0 Å². The Hall–Kier alpha value is -2.33. The van der Waals surface area contributed by atoms with Gasteiger partial charge in [-0.05, 0) is 31.2 Å². The summed E-state index contributed by atoms with van der Waals surface area (Å²) in [7, 11) is 0. The van der Waals surface area contributed by atoms with Crippen molar-refractivity contribution in [3.05, 3.63) is 59.7 Å². The fourth-order valence-electron chi connectivity index (χ4n) is 2.24. The normalized spacial score (nSPS) is 11.1. The first-order valence-electron chi connectivity index (χ1n) is 6.62.